The molecule has 1 atom stereocenters. The Labute approximate surface area is 128 Å². The minimum Gasteiger partial charge on any atom is -0.310 e. The summed E-state index contributed by atoms with van der Waals surface area (Å²) in [5, 5.41) is 3.52. The van der Waals surface area contributed by atoms with Crippen molar-refractivity contribution in [2.45, 2.75) is 78.6 Å². The van der Waals surface area contributed by atoms with E-state index in [2.05, 4.69) is 44.0 Å². The van der Waals surface area contributed by atoms with Crippen LogP contribution in [-0.4, -0.2) is 23.5 Å². The molecule has 20 heavy (non-hydrogen) atoms. The maximum absolute atomic E-state index is 3.52. The molecule has 0 radical (unpaired) electrons. The summed E-state index contributed by atoms with van der Waals surface area (Å²) in [5.41, 5.74) is 1.55. The first kappa shape index (κ1) is 16.0. The van der Waals surface area contributed by atoms with Crippen molar-refractivity contribution < 1.29 is 0 Å². The Hall–Kier alpha value is -0.380. The molecule has 2 heterocycles. The molecule has 2 rings (SSSR count). The van der Waals surface area contributed by atoms with Gasteiger partial charge < -0.3 is 5.32 Å². The summed E-state index contributed by atoms with van der Waals surface area (Å²) in [6.07, 6.45) is 5.48. The van der Waals surface area contributed by atoms with Crippen LogP contribution in [0.15, 0.2) is 6.07 Å². The summed E-state index contributed by atoms with van der Waals surface area (Å²) in [7, 11) is 0. The van der Waals surface area contributed by atoms with Gasteiger partial charge in [-0.1, -0.05) is 27.2 Å². The number of rotatable bonds is 6. The largest absolute Gasteiger partial charge is 0.310 e. The van der Waals surface area contributed by atoms with E-state index in [0.29, 0.717) is 6.04 Å². The van der Waals surface area contributed by atoms with Gasteiger partial charge in [-0.2, -0.15) is 0 Å². The summed E-state index contributed by atoms with van der Waals surface area (Å²) < 4.78 is 0. The van der Waals surface area contributed by atoms with Crippen molar-refractivity contribution in [1.29, 1.82) is 0 Å². The van der Waals surface area contributed by atoms with Crippen molar-refractivity contribution in [3.63, 3.8) is 0 Å². The van der Waals surface area contributed by atoms with Crippen molar-refractivity contribution >= 4 is 11.3 Å². The Morgan fingerprint density at radius 1 is 1.40 bits per heavy atom. The van der Waals surface area contributed by atoms with Gasteiger partial charge in [0, 0.05) is 34.9 Å². The van der Waals surface area contributed by atoms with Gasteiger partial charge in [0.25, 0.3) is 0 Å². The Morgan fingerprint density at radius 3 is 2.90 bits per heavy atom. The average Bonchev–Trinajstić information content (AvgIpc) is 2.78. The molecule has 1 saturated heterocycles. The number of piperidine rings is 1. The topological polar surface area (TPSA) is 15.3 Å². The summed E-state index contributed by atoms with van der Waals surface area (Å²) in [6.45, 7) is 12.5. The third-order valence-electron chi connectivity index (χ3n) is 4.35. The monoisotopic (exact) mass is 294 g/mol. The summed E-state index contributed by atoms with van der Waals surface area (Å²) >= 11 is 1.96. The number of aryl methyl sites for hydroxylation is 1. The summed E-state index contributed by atoms with van der Waals surface area (Å²) in [5.74, 6) is 0. The zero-order valence-corrected chi connectivity index (χ0v) is 14.4. The molecule has 0 aliphatic carbocycles. The molecule has 1 fully saturated rings. The quantitative estimate of drug-likeness (QED) is 0.840. The lowest BCUT2D eigenvalue weighted by molar-refractivity contribution is 0.136. The molecule has 1 aliphatic rings. The predicted octanol–water partition coefficient (Wildman–Crippen LogP) is 4.32. The van der Waals surface area contributed by atoms with E-state index in [1.807, 2.05) is 11.3 Å². The van der Waals surface area contributed by atoms with Gasteiger partial charge in [0.1, 0.15) is 0 Å². The Bertz CT molecular complexity index is 411. The molecule has 3 heteroatoms. The molecule has 1 unspecified atom stereocenters. The fourth-order valence-electron chi connectivity index (χ4n) is 3.09. The first-order chi connectivity index (χ1) is 9.60. The van der Waals surface area contributed by atoms with Crippen LogP contribution in [0.5, 0.6) is 0 Å². The SMILES string of the molecule is CCC1CCCCN1Cc1cc(CNC(C)C)sc1C. The highest BCUT2D eigenvalue weighted by Crippen LogP contribution is 2.27. The Morgan fingerprint density at radius 2 is 2.20 bits per heavy atom. The van der Waals surface area contributed by atoms with Crippen molar-refractivity contribution in [3.8, 4) is 0 Å². The predicted molar refractivity (Wildman–Crippen MR) is 89.4 cm³/mol. The van der Waals surface area contributed by atoms with Crippen LogP contribution in [0.3, 0.4) is 0 Å². The van der Waals surface area contributed by atoms with Crippen LogP contribution < -0.4 is 5.32 Å². The van der Waals surface area contributed by atoms with Gasteiger partial charge >= 0.3 is 0 Å². The second-order valence-corrected chi connectivity index (χ2v) is 7.70. The van der Waals surface area contributed by atoms with E-state index in [9.17, 15) is 0 Å². The molecule has 0 bridgehead atoms. The summed E-state index contributed by atoms with van der Waals surface area (Å²) in [4.78, 5) is 5.69. The average molecular weight is 295 g/mol. The van der Waals surface area contributed by atoms with Crippen LogP contribution >= 0.6 is 11.3 Å². The molecule has 0 aromatic carbocycles. The van der Waals surface area contributed by atoms with Gasteiger partial charge in [0.05, 0.1) is 0 Å². The first-order valence-electron chi connectivity index (χ1n) is 8.15. The lowest BCUT2D eigenvalue weighted by Gasteiger charge is -2.35. The number of hydrogen-bond acceptors (Lipinski definition) is 3. The highest BCUT2D eigenvalue weighted by molar-refractivity contribution is 7.12. The van der Waals surface area contributed by atoms with Crippen molar-refractivity contribution in [3.05, 3.63) is 21.4 Å². The number of nitrogens with zero attached hydrogens (tertiary/aromatic N) is 1. The second kappa shape index (κ2) is 7.58. The lowest BCUT2D eigenvalue weighted by atomic mass is 9.99. The van der Waals surface area contributed by atoms with E-state index in [1.54, 1.807) is 5.56 Å². The molecular weight excluding hydrogens is 264 g/mol. The number of thiophene rings is 1. The van der Waals surface area contributed by atoms with E-state index in [1.165, 1.54) is 42.0 Å². The third-order valence-corrected chi connectivity index (χ3v) is 5.44. The van der Waals surface area contributed by atoms with Crippen molar-refractivity contribution in [2.75, 3.05) is 6.54 Å². The van der Waals surface area contributed by atoms with Gasteiger partial charge in [0.2, 0.25) is 0 Å². The van der Waals surface area contributed by atoms with Gasteiger partial charge in [-0.05, 0) is 44.4 Å². The normalized spacial score (nSPS) is 20.8. The summed E-state index contributed by atoms with van der Waals surface area (Å²) in [6, 6.07) is 3.80. The van der Waals surface area contributed by atoms with Crippen molar-refractivity contribution in [2.24, 2.45) is 0 Å². The fourth-order valence-corrected chi connectivity index (χ4v) is 4.09. The highest BCUT2D eigenvalue weighted by atomic mass is 32.1. The minimum atomic E-state index is 0.562. The zero-order chi connectivity index (χ0) is 14.5. The van der Waals surface area contributed by atoms with Crippen LogP contribution in [-0.2, 0) is 13.1 Å². The maximum Gasteiger partial charge on any atom is 0.0302 e. The van der Waals surface area contributed by atoms with E-state index in [-0.39, 0.29) is 0 Å². The first-order valence-corrected chi connectivity index (χ1v) is 8.97. The van der Waals surface area contributed by atoms with Gasteiger partial charge in [-0.25, -0.2) is 0 Å². The molecule has 1 N–H and O–H groups in total. The molecule has 1 aromatic rings. The van der Waals surface area contributed by atoms with E-state index in [0.717, 1.165) is 19.1 Å². The van der Waals surface area contributed by atoms with Gasteiger partial charge in [-0.3, -0.25) is 4.90 Å². The lowest BCUT2D eigenvalue weighted by Crippen LogP contribution is -2.38. The standard InChI is InChI=1S/C17H30N2S/c1-5-16-8-6-7-9-19(16)12-15-10-17(20-14(15)4)11-18-13(2)3/h10,13,16,18H,5-9,11-12H2,1-4H3. The maximum atomic E-state index is 3.52. The Balaban J connectivity index is 1.97. The fraction of sp³-hybridized carbons (Fsp3) is 0.765. The van der Waals surface area contributed by atoms with Crippen LogP contribution in [0.4, 0.5) is 0 Å². The van der Waals surface area contributed by atoms with Gasteiger partial charge in [-0.15, -0.1) is 11.3 Å². The molecule has 0 amide bonds. The molecule has 114 valence electrons. The van der Waals surface area contributed by atoms with E-state index < -0.39 is 0 Å². The molecule has 1 aromatic heterocycles. The molecule has 1 aliphatic heterocycles. The second-order valence-electron chi connectivity index (χ2n) is 6.36. The molecule has 2 nitrogen and oxygen atoms in total. The molecular formula is C17H30N2S. The third kappa shape index (κ3) is 4.31. The van der Waals surface area contributed by atoms with E-state index in [4.69, 9.17) is 0 Å². The van der Waals surface area contributed by atoms with E-state index >= 15 is 0 Å². The van der Waals surface area contributed by atoms with Crippen molar-refractivity contribution in [1.82, 2.24) is 10.2 Å². The van der Waals surface area contributed by atoms with Gasteiger partial charge in [0.15, 0.2) is 0 Å². The minimum absolute atomic E-state index is 0.562. The highest BCUT2D eigenvalue weighted by Gasteiger charge is 2.21. The smallest absolute Gasteiger partial charge is 0.0302 e. The van der Waals surface area contributed by atoms with Crippen LogP contribution in [0.1, 0.15) is 61.8 Å². The zero-order valence-electron chi connectivity index (χ0n) is 13.5. The number of nitrogens with one attached hydrogen (secondary N) is 1. The van der Waals surface area contributed by atoms with Crippen LogP contribution in [0, 0.1) is 6.92 Å². The molecule has 0 spiro atoms. The van der Waals surface area contributed by atoms with Crippen LogP contribution in [0.25, 0.3) is 0 Å². The molecule has 0 saturated carbocycles. The number of hydrogen-bond donors (Lipinski definition) is 1. The Kier molecular flexibility index (Phi) is 6.06. The number of likely N-dealkylation sites (tertiary alicyclic amines) is 1. The van der Waals surface area contributed by atoms with Crippen LogP contribution in [0.2, 0.25) is 0 Å².